The molecule has 1 saturated heterocycles. The molecule has 0 amide bonds. The van der Waals surface area contributed by atoms with Crippen molar-refractivity contribution in [3.05, 3.63) is 34.9 Å². The van der Waals surface area contributed by atoms with E-state index in [1.54, 1.807) is 6.07 Å². The van der Waals surface area contributed by atoms with Gasteiger partial charge in [-0.05, 0) is 17.7 Å². The maximum absolute atomic E-state index is 12.0. The lowest BCUT2D eigenvalue weighted by Crippen LogP contribution is -2.47. The minimum Gasteiger partial charge on any atom is -0.371 e. The molecular weight excluding hydrogens is 340 g/mol. The molecule has 22 heavy (non-hydrogen) atoms. The summed E-state index contributed by atoms with van der Waals surface area (Å²) in [5, 5.41) is 3.95. The van der Waals surface area contributed by atoms with Gasteiger partial charge in [0.1, 0.15) is 6.61 Å². The van der Waals surface area contributed by atoms with Crippen molar-refractivity contribution in [2.45, 2.75) is 12.2 Å². The van der Waals surface area contributed by atoms with Crippen molar-refractivity contribution in [1.29, 1.82) is 0 Å². The Morgan fingerprint density at radius 1 is 1.36 bits per heavy atom. The van der Waals surface area contributed by atoms with E-state index in [4.69, 9.17) is 16.3 Å². The highest BCUT2D eigenvalue weighted by atomic mass is 35.5. The summed E-state index contributed by atoms with van der Waals surface area (Å²) in [6.45, 7) is 1.68. The van der Waals surface area contributed by atoms with Gasteiger partial charge in [-0.1, -0.05) is 23.7 Å². The Morgan fingerprint density at radius 2 is 2.14 bits per heavy atom. The first-order valence-electron chi connectivity index (χ1n) is 6.80. The van der Waals surface area contributed by atoms with Gasteiger partial charge >= 0.3 is 6.18 Å². The van der Waals surface area contributed by atoms with Gasteiger partial charge < -0.3 is 10.1 Å². The molecule has 1 unspecified atom stereocenters. The lowest BCUT2D eigenvalue weighted by atomic mass is 10.0. The molecule has 0 aromatic heterocycles. The Balaban J connectivity index is 0.00000242. The Labute approximate surface area is 139 Å². The predicted molar refractivity (Wildman–Crippen MR) is 82.8 cm³/mol. The normalized spacial score (nSPS) is 19.7. The molecule has 8 heteroatoms. The third kappa shape index (κ3) is 6.30. The molecule has 1 aliphatic heterocycles. The van der Waals surface area contributed by atoms with Gasteiger partial charge in [-0.15, -0.1) is 12.4 Å². The smallest absolute Gasteiger partial charge is 0.371 e. The molecule has 1 N–H and O–H groups in total. The zero-order valence-electron chi connectivity index (χ0n) is 11.9. The summed E-state index contributed by atoms with van der Waals surface area (Å²) in [5.74, 6) is 0. The van der Waals surface area contributed by atoms with Crippen LogP contribution in [0, 0.1) is 0 Å². The number of halogens is 5. The van der Waals surface area contributed by atoms with Crippen LogP contribution >= 0.6 is 24.0 Å². The molecule has 0 saturated carbocycles. The number of ether oxygens (including phenoxy) is 1. The minimum atomic E-state index is -4.27. The summed E-state index contributed by atoms with van der Waals surface area (Å²) in [7, 11) is 0. The van der Waals surface area contributed by atoms with E-state index in [1.807, 2.05) is 18.2 Å². The van der Waals surface area contributed by atoms with Crippen LogP contribution in [0.1, 0.15) is 11.6 Å². The monoisotopic (exact) mass is 358 g/mol. The molecule has 1 aromatic carbocycles. The van der Waals surface area contributed by atoms with Crippen LogP contribution in [0.15, 0.2) is 24.3 Å². The van der Waals surface area contributed by atoms with Crippen molar-refractivity contribution in [3.63, 3.8) is 0 Å². The van der Waals surface area contributed by atoms with E-state index >= 15 is 0 Å². The van der Waals surface area contributed by atoms with Crippen molar-refractivity contribution in [1.82, 2.24) is 10.2 Å². The summed E-state index contributed by atoms with van der Waals surface area (Å²) in [4.78, 5) is 2.12. The van der Waals surface area contributed by atoms with Crippen LogP contribution in [0.5, 0.6) is 0 Å². The van der Waals surface area contributed by atoms with Crippen LogP contribution < -0.4 is 5.32 Å². The molecule has 1 heterocycles. The number of nitrogens with zero attached hydrogens (tertiary/aromatic N) is 1. The van der Waals surface area contributed by atoms with Gasteiger partial charge in [0, 0.05) is 37.2 Å². The third-order valence-corrected chi connectivity index (χ3v) is 3.61. The molecule has 1 aromatic rings. The van der Waals surface area contributed by atoms with Crippen LogP contribution in [-0.4, -0.2) is 50.5 Å². The van der Waals surface area contributed by atoms with Crippen molar-refractivity contribution >= 4 is 24.0 Å². The number of hydrogen-bond acceptors (Lipinski definition) is 3. The highest BCUT2D eigenvalue weighted by molar-refractivity contribution is 6.30. The van der Waals surface area contributed by atoms with Crippen LogP contribution in [0.25, 0.3) is 0 Å². The van der Waals surface area contributed by atoms with Gasteiger partial charge in [0.05, 0.1) is 6.61 Å². The lowest BCUT2D eigenvalue weighted by molar-refractivity contribution is -0.175. The summed E-state index contributed by atoms with van der Waals surface area (Å²) >= 11 is 6.00. The number of benzene rings is 1. The fourth-order valence-corrected chi connectivity index (χ4v) is 2.62. The third-order valence-electron chi connectivity index (χ3n) is 3.38. The molecule has 1 fully saturated rings. The average Bonchev–Trinajstić information content (AvgIpc) is 2.43. The van der Waals surface area contributed by atoms with E-state index < -0.39 is 12.8 Å². The van der Waals surface area contributed by atoms with Crippen molar-refractivity contribution in [3.8, 4) is 0 Å². The van der Waals surface area contributed by atoms with E-state index in [2.05, 4.69) is 10.2 Å². The van der Waals surface area contributed by atoms with E-state index in [9.17, 15) is 13.2 Å². The Kier molecular flexibility index (Phi) is 7.93. The van der Waals surface area contributed by atoms with E-state index in [-0.39, 0.29) is 25.1 Å². The fraction of sp³-hybridized carbons (Fsp3) is 0.571. The Bertz CT molecular complexity index is 460. The summed E-state index contributed by atoms with van der Waals surface area (Å²) in [5.41, 5.74) is 1.06. The van der Waals surface area contributed by atoms with Gasteiger partial charge in [0.15, 0.2) is 0 Å². The quantitative estimate of drug-likeness (QED) is 0.817. The van der Waals surface area contributed by atoms with Gasteiger partial charge in [-0.25, -0.2) is 0 Å². The maximum Gasteiger partial charge on any atom is 0.411 e. The largest absolute Gasteiger partial charge is 0.411 e. The molecule has 3 nitrogen and oxygen atoms in total. The fourth-order valence-electron chi connectivity index (χ4n) is 2.43. The van der Waals surface area contributed by atoms with Crippen molar-refractivity contribution in [2.24, 2.45) is 0 Å². The predicted octanol–water partition coefficient (Wildman–Crippen LogP) is 3.29. The molecule has 126 valence electrons. The van der Waals surface area contributed by atoms with Gasteiger partial charge in [-0.2, -0.15) is 13.2 Å². The minimum absolute atomic E-state index is 0. The number of rotatable bonds is 5. The first-order chi connectivity index (χ1) is 9.96. The molecule has 1 aliphatic rings. The van der Waals surface area contributed by atoms with Crippen LogP contribution in [-0.2, 0) is 4.74 Å². The summed E-state index contributed by atoms with van der Waals surface area (Å²) in [6.07, 6.45) is -4.27. The molecule has 0 bridgehead atoms. The molecule has 1 atom stereocenters. The van der Waals surface area contributed by atoms with Gasteiger partial charge in [-0.3, -0.25) is 4.90 Å². The second-order valence-corrected chi connectivity index (χ2v) is 5.42. The van der Waals surface area contributed by atoms with Crippen LogP contribution in [0.3, 0.4) is 0 Å². The maximum atomic E-state index is 12.0. The van der Waals surface area contributed by atoms with Crippen molar-refractivity contribution < 1.29 is 17.9 Å². The number of nitrogens with one attached hydrogen (secondary N) is 1. The first-order valence-corrected chi connectivity index (χ1v) is 7.18. The number of alkyl halides is 3. The molecule has 0 spiro atoms. The SMILES string of the molecule is Cl.FC(F)(F)COCCN1CCNCC1c1cccc(Cl)c1. The molecular formula is C14H19Cl2F3N2O. The van der Waals surface area contributed by atoms with E-state index in [0.29, 0.717) is 11.6 Å². The van der Waals surface area contributed by atoms with Gasteiger partial charge in [0.2, 0.25) is 0 Å². The summed E-state index contributed by atoms with van der Waals surface area (Å²) in [6, 6.07) is 7.66. The first kappa shape index (κ1) is 19.5. The Morgan fingerprint density at radius 3 is 2.82 bits per heavy atom. The molecule has 2 rings (SSSR count). The summed E-state index contributed by atoms with van der Waals surface area (Å²) < 4.78 is 40.8. The average molecular weight is 359 g/mol. The highest BCUT2D eigenvalue weighted by Gasteiger charge is 2.28. The zero-order valence-corrected chi connectivity index (χ0v) is 13.5. The molecule has 0 aliphatic carbocycles. The second kappa shape index (κ2) is 8.93. The van der Waals surface area contributed by atoms with Crippen LogP contribution in [0.2, 0.25) is 5.02 Å². The Hall–Kier alpha value is -0.530. The zero-order chi connectivity index (χ0) is 15.3. The standard InChI is InChI=1S/C14H18ClF3N2O.ClH/c15-12-3-1-2-11(8-12)13-9-19-4-5-20(13)6-7-21-10-14(16,17)18;/h1-3,8,13,19H,4-7,9-10H2;1H. The van der Waals surface area contributed by atoms with E-state index in [0.717, 1.165) is 25.2 Å². The lowest BCUT2D eigenvalue weighted by Gasteiger charge is -2.36. The highest BCUT2D eigenvalue weighted by Crippen LogP contribution is 2.24. The van der Waals surface area contributed by atoms with E-state index in [1.165, 1.54) is 0 Å². The molecule has 0 radical (unpaired) electrons. The second-order valence-electron chi connectivity index (χ2n) is 4.98. The number of hydrogen-bond donors (Lipinski definition) is 1. The number of piperazine rings is 1. The van der Waals surface area contributed by atoms with Crippen LogP contribution in [0.4, 0.5) is 13.2 Å². The topological polar surface area (TPSA) is 24.5 Å². The van der Waals surface area contributed by atoms with Gasteiger partial charge in [0.25, 0.3) is 0 Å². The van der Waals surface area contributed by atoms with Crippen molar-refractivity contribution in [2.75, 3.05) is 39.4 Å².